The number of carboxylic acid groups (broad SMARTS) is 1. The first-order valence-electron chi connectivity index (χ1n) is 6.77. The van der Waals surface area contributed by atoms with E-state index in [0.717, 1.165) is 0 Å². The average molecular weight is 272 g/mol. The molecule has 19 heavy (non-hydrogen) atoms. The summed E-state index contributed by atoms with van der Waals surface area (Å²) in [7, 11) is 0. The topological polar surface area (TPSA) is 78.9 Å². The first-order valence-corrected chi connectivity index (χ1v) is 6.77. The molecule has 2 unspecified atom stereocenters. The minimum atomic E-state index is -0.907. The number of morpholine rings is 1. The molecule has 1 fully saturated rings. The summed E-state index contributed by atoms with van der Waals surface area (Å²) >= 11 is 0. The van der Waals surface area contributed by atoms with Crippen molar-refractivity contribution in [3.63, 3.8) is 0 Å². The fourth-order valence-corrected chi connectivity index (χ4v) is 2.14. The Hall–Kier alpha value is -1.14. The molecule has 0 radical (unpaired) electrons. The Morgan fingerprint density at radius 1 is 1.26 bits per heavy atom. The summed E-state index contributed by atoms with van der Waals surface area (Å²) in [5.74, 6) is -0.701. The largest absolute Gasteiger partial charge is 0.480 e. The van der Waals surface area contributed by atoms with E-state index in [1.165, 1.54) is 0 Å². The number of amides is 1. The number of rotatable bonds is 6. The lowest BCUT2D eigenvalue weighted by atomic mass is 10.0. The second-order valence-electron chi connectivity index (χ2n) is 5.35. The Labute approximate surface area is 114 Å². The van der Waals surface area contributed by atoms with Gasteiger partial charge >= 0.3 is 5.97 Å². The van der Waals surface area contributed by atoms with Gasteiger partial charge < -0.3 is 14.7 Å². The number of hydrogen-bond acceptors (Lipinski definition) is 4. The molecule has 0 aromatic heterocycles. The van der Waals surface area contributed by atoms with Gasteiger partial charge in [0.2, 0.25) is 5.91 Å². The molecule has 0 aromatic rings. The monoisotopic (exact) mass is 272 g/mol. The molecule has 0 saturated carbocycles. The number of ether oxygens (including phenoxy) is 1. The number of carboxylic acids is 1. The van der Waals surface area contributed by atoms with Crippen LogP contribution < -0.4 is 5.32 Å². The first kappa shape index (κ1) is 15.9. The van der Waals surface area contributed by atoms with Gasteiger partial charge in [-0.2, -0.15) is 0 Å². The maximum absolute atomic E-state index is 12.2. The zero-order chi connectivity index (χ0) is 14.4. The van der Waals surface area contributed by atoms with Crippen molar-refractivity contribution in [1.29, 1.82) is 0 Å². The zero-order valence-electron chi connectivity index (χ0n) is 11.9. The molecule has 0 spiro atoms. The van der Waals surface area contributed by atoms with Gasteiger partial charge in [-0.15, -0.1) is 0 Å². The molecule has 6 nitrogen and oxygen atoms in total. The summed E-state index contributed by atoms with van der Waals surface area (Å²) in [4.78, 5) is 25.0. The lowest BCUT2D eigenvalue weighted by molar-refractivity contribution is -0.141. The van der Waals surface area contributed by atoms with Crippen LogP contribution in [0.15, 0.2) is 0 Å². The lowest BCUT2D eigenvalue weighted by Crippen LogP contribution is -2.53. The normalized spacial score (nSPS) is 19.3. The lowest BCUT2D eigenvalue weighted by Gasteiger charge is -2.30. The smallest absolute Gasteiger partial charge is 0.320 e. The van der Waals surface area contributed by atoms with E-state index in [9.17, 15) is 9.59 Å². The van der Waals surface area contributed by atoms with E-state index in [1.807, 2.05) is 13.8 Å². The van der Waals surface area contributed by atoms with Gasteiger partial charge in [0, 0.05) is 13.1 Å². The van der Waals surface area contributed by atoms with Crippen molar-refractivity contribution >= 4 is 11.9 Å². The third-order valence-electron chi connectivity index (χ3n) is 3.15. The molecule has 2 N–H and O–H groups in total. The minimum Gasteiger partial charge on any atom is -0.480 e. The van der Waals surface area contributed by atoms with Crippen LogP contribution in [-0.4, -0.2) is 60.3 Å². The second kappa shape index (κ2) is 7.45. The fourth-order valence-electron chi connectivity index (χ4n) is 2.14. The Bertz CT molecular complexity index is 314. The van der Waals surface area contributed by atoms with Crippen molar-refractivity contribution in [1.82, 2.24) is 10.2 Å². The molecule has 1 aliphatic heterocycles. The van der Waals surface area contributed by atoms with Crippen LogP contribution in [0.3, 0.4) is 0 Å². The van der Waals surface area contributed by atoms with Crippen LogP contribution in [0.4, 0.5) is 0 Å². The molecule has 0 bridgehead atoms. The minimum absolute atomic E-state index is 0.0571. The van der Waals surface area contributed by atoms with Crippen LogP contribution in [0.25, 0.3) is 0 Å². The average Bonchev–Trinajstić information content (AvgIpc) is 2.37. The van der Waals surface area contributed by atoms with Crippen molar-refractivity contribution in [2.75, 3.05) is 26.3 Å². The summed E-state index contributed by atoms with van der Waals surface area (Å²) in [5, 5.41) is 12.1. The quantitative estimate of drug-likeness (QED) is 0.728. The van der Waals surface area contributed by atoms with E-state index < -0.39 is 18.1 Å². The third kappa shape index (κ3) is 5.16. The van der Waals surface area contributed by atoms with Crippen LogP contribution >= 0.6 is 0 Å². The Morgan fingerprint density at radius 2 is 1.84 bits per heavy atom. The number of carbonyl (C=O) groups excluding carboxylic acids is 1. The molecular weight excluding hydrogens is 248 g/mol. The van der Waals surface area contributed by atoms with Gasteiger partial charge in [0.25, 0.3) is 0 Å². The molecule has 6 heteroatoms. The van der Waals surface area contributed by atoms with E-state index >= 15 is 0 Å². The highest BCUT2D eigenvalue weighted by atomic mass is 16.5. The summed E-state index contributed by atoms with van der Waals surface area (Å²) in [6.45, 7) is 7.89. The van der Waals surface area contributed by atoms with Crippen molar-refractivity contribution in [3.05, 3.63) is 0 Å². The molecule has 1 amide bonds. The Morgan fingerprint density at radius 3 is 2.32 bits per heavy atom. The van der Waals surface area contributed by atoms with Crippen molar-refractivity contribution < 1.29 is 19.4 Å². The standard InChI is InChI=1S/C13H24N2O4/c1-9(2)8-11(13(17)18)14-10(3)12(16)15-4-6-19-7-5-15/h9-11,14H,4-8H2,1-3H3,(H,17,18). The van der Waals surface area contributed by atoms with Crippen LogP contribution in [0.1, 0.15) is 27.2 Å². The maximum Gasteiger partial charge on any atom is 0.320 e. The molecule has 1 aliphatic rings. The molecule has 1 saturated heterocycles. The summed E-state index contributed by atoms with van der Waals surface area (Å²) in [5.41, 5.74) is 0. The first-order chi connectivity index (χ1) is 8.91. The van der Waals surface area contributed by atoms with Gasteiger partial charge in [-0.25, -0.2) is 0 Å². The molecular formula is C13H24N2O4. The molecule has 2 atom stereocenters. The van der Waals surface area contributed by atoms with E-state index in [4.69, 9.17) is 9.84 Å². The molecule has 1 heterocycles. The predicted molar refractivity (Wildman–Crippen MR) is 70.9 cm³/mol. The SMILES string of the molecule is CC(C)CC(NC(C)C(=O)N1CCOCC1)C(=O)O. The maximum atomic E-state index is 12.2. The summed E-state index contributed by atoms with van der Waals surface area (Å²) in [6, 6.07) is -1.17. The zero-order valence-corrected chi connectivity index (χ0v) is 11.9. The Balaban J connectivity index is 2.52. The predicted octanol–water partition coefficient (Wildman–Crippen LogP) is 0.323. The van der Waals surface area contributed by atoms with Gasteiger partial charge in [-0.05, 0) is 19.3 Å². The van der Waals surface area contributed by atoms with Crippen molar-refractivity contribution in [3.8, 4) is 0 Å². The third-order valence-corrected chi connectivity index (χ3v) is 3.15. The van der Waals surface area contributed by atoms with Crippen molar-refractivity contribution in [2.45, 2.75) is 39.3 Å². The van der Waals surface area contributed by atoms with Crippen LogP contribution in [0.5, 0.6) is 0 Å². The van der Waals surface area contributed by atoms with Gasteiger partial charge in [0.1, 0.15) is 6.04 Å². The van der Waals surface area contributed by atoms with Crippen molar-refractivity contribution in [2.24, 2.45) is 5.92 Å². The van der Waals surface area contributed by atoms with Gasteiger partial charge in [0.05, 0.1) is 19.3 Å². The Kier molecular flexibility index (Phi) is 6.24. The second-order valence-corrected chi connectivity index (χ2v) is 5.35. The summed E-state index contributed by atoms with van der Waals surface area (Å²) in [6.07, 6.45) is 0.510. The van der Waals surface area contributed by atoms with E-state index in [1.54, 1.807) is 11.8 Å². The number of nitrogens with zero attached hydrogens (tertiary/aromatic N) is 1. The van der Waals surface area contributed by atoms with Crippen LogP contribution in [0, 0.1) is 5.92 Å². The van der Waals surface area contributed by atoms with E-state index in [-0.39, 0.29) is 11.8 Å². The molecule has 1 rings (SSSR count). The van der Waals surface area contributed by atoms with Crippen LogP contribution in [0.2, 0.25) is 0 Å². The number of hydrogen-bond donors (Lipinski definition) is 2. The molecule has 0 aromatic carbocycles. The van der Waals surface area contributed by atoms with E-state index in [0.29, 0.717) is 32.7 Å². The van der Waals surface area contributed by atoms with E-state index in [2.05, 4.69) is 5.32 Å². The van der Waals surface area contributed by atoms with Gasteiger partial charge in [0.15, 0.2) is 0 Å². The van der Waals surface area contributed by atoms with Gasteiger partial charge in [-0.3, -0.25) is 14.9 Å². The number of carbonyl (C=O) groups is 2. The fraction of sp³-hybridized carbons (Fsp3) is 0.846. The van der Waals surface area contributed by atoms with Gasteiger partial charge in [-0.1, -0.05) is 13.8 Å². The highest BCUT2D eigenvalue weighted by molar-refractivity contribution is 5.83. The highest BCUT2D eigenvalue weighted by Crippen LogP contribution is 2.07. The van der Waals surface area contributed by atoms with Crippen LogP contribution in [-0.2, 0) is 14.3 Å². The molecule has 110 valence electrons. The highest BCUT2D eigenvalue weighted by Gasteiger charge is 2.27. The number of nitrogens with one attached hydrogen (secondary N) is 1. The number of aliphatic carboxylic acids is 1. The summed E-state index contributed by atoms with van der Waals surface area (Å²) < 4.78 is 5.19. The molecule has 0 aliphatic carbocycles.